The number of hydrogen-bond acceptors (Lipinski definition) is 3. The maximum absolute atomic E-state index is 5.75. The summed E-state index contributed by atoms with van der Waals surface area (Å²) in [5.41, 5.74) is 2.17. The van der Waals surface area contributed by atoms with Crippen molar-refractivity contribution in [3.63, 3.8) is 0 Å². The first-order valence-corrected chi connectivity index (χ1v) is 6.44. The van der Waals surface area contributed by atoms with Crippen molar-refractivity contribution >= 4 is 21.6 Å². The molecule has 2 aromatic rings. The maximum atomic E-state index is 5.75. The summed E-state index contributed by atoms with van der Waals surface area (Å²) in [5.74, 6) is 0.862. The van der Waals surface area contributed by atoms with Gasteiger partial charge in [0.25, 0.3) is 0 Å². The summed E-state index contributed by atoms with van der Waals surface area (Å²) < 4.78 is 6.71. The van der Waals surface area contributed by atoms with E-state index in [1.807, 2.05) is 49.3 Å². The Morgan fingerprint density at radius 3 is 2.78 bits per heavy atom. The van der Waals surface area contributed by atoms with Crippen molar-refractivity contribution in [2.75, 3.05) is 19.0 Å². The van der Waals surface area contributed by atoms with Crippen LogP contribution in [-0.2, 0) is 6.61 Å². The molecule has 0 aliphatic rings. The average Bonchev–Trinajstić information content (AvgIpc) is 2.37. The minimum absolute atomic E-state index is 0.517. The number of ether oxygens (including phenoxy) is 1. The molecule has 0 N–H and O–H groups in total. The molecule has 0 bridgehead atoms. The van der Waals surface area contributed by atoms with Crippen molar-refractivity contribution in [1.29, 1.82) is 0 Å². The minimum Gasteiger partial charge on any atom is -0.489 e. The topological polar surface area (TPSA) is 25.4 Å². The number of rotatable bonds is 4. The average molecular weight is 307 g/mol. The molecule has 0 spiro atoms. The van der Waals surface area contributed by atoms with E-state index in [0.29, 0.717) is 6.61 Å². The summed E-state index contributed by atoms with van der Waals surface area (Å²) in [5, 5.41) is 0. The Labute approximate surface area is 116 Å². The number of aromatic nitrogens is 1. The largest absolute Gasteiger partial charge is 0.489 e. The molecule has 0 unspecified atom stereocenters. The molecule has 0 radical (unpaired) electrons. The molecule has 3 nitrogen and oxygen atoms in total. The lowest BCUT2D eigenvalue weighted by Gasteiger charge is -2.14. The normalized spacial score (nSPS) is 10.2. The second-order valence-electron chi connectivity index (χ2n) is 4.19. The Balaban J connectivity index is 2.04. The van der Waals surface area contributed by atoms with Crippen LogP contribution in [0.25, 0.3) is 0 Å². The molecule has 2 rings (SSSR count). The van der Waals surface area contributed by atoms with E-state index in [9.17, 15) is 0 Å². The van der Waals surface area contributed by atoms with Gasteiger partial charge in [0, 0.05) is 48.3 Å². The van der Waals surface area contributed by atoms with E-state index >= 15 is 0 Å². The zero-order valence-electron chi connectivity index (χ0n) is 10.4. The Bertz CT molecular complexity index is 529. The van der Waals surface area contributed by atoms with Gasteiger partial charge in [-0.1, -0.05) is 6.07 Å². The van der Waals surface area contributed by atoms with Gasteiger partial charge in [-0.05, 0) is 34.1 Å². The van der Waals surface area contributed by atoms with E-state index in [4.69, 9.17) is 4.74 Å². The fraction of sp³-hybridized carbons (Fsp3) is 0.214. The third kappa shape index (κ3) is 3.47. The van der Waals surface area contributed by atoms with Crippen molar-refractivity contribution in [1.82, 2.24) is 4.98 Å². The van der Waals surface area contributed by atoms with Crippen LogP contribution in [0.4, 0.5) is 5.69 Å². The van der Waals surface area contributed by atoms with E-state index in [1.54, 1.807) is 12.4 Å². The molecule has 0 amide bonds. The van der Waals surface area contributed by atoms with Crippen LogP contribution in [0, 0.1) is 0 Å². The second kappa shape index (κ2) is 5.87. The van der Waals surface area contributed by atoms with Crippen LogP contribution >= 0.6 is 15.9 Å². The summed E-state index contributed by atoms with van der Waals surface area (Å²) >= 11 is 3.39. The lowest BCUT2D eigenvalue weighted by molar-refractivity contribution is 0.306. The molecule has 94 valence electrons. The van der Waals surface area contributed by atoms with Crippen molar-refractivity contribution in [3.8, 4) is 5.75 Å². The first-order valence-electron chi connectivity index (χ1n) is 5.65. The molecule has 1 aromatic heterocycles. The quantitative estimate of drug-likeness (QED) is 0.864. The molecule has 1 heterocycles. The van der Waals surface area contributed by atoms with Gasteiger partial charge < -0.3 is 9.64 Å². The molecule has 0 saturated heterocycles. The lowest BCUT2D eigenvalue weighted by atomic mass is 10.3. The van der Waals surface area contributed by atoms with Crippen molar-refractivity contribution in [3.05, 3.63) is 52.8 Å². The van der Waals surface area contributed by atoms with Crippen LogP contribution in [0.5, 0.6) is 5.75 Å². The molecule has 1 aromatic carbocycles. The van der Waals surface area contributed by atoms with Crippen LogP contribution in [-0.4, -0.2) is 19.1 Å². The highest BCUT2D eigenvalue weighted by molar-refractivity contribution is 9.10. The second-order valence-corrected chi connectivity index (χ2v) is 5.11. The lowest BCUT2D eigenvalue weighted by Crippen LogP contribution is -2.08. The van der Waals surface area contributed by atoms with Gasteiger partial charge in [0.1, 0.15) is 12.4 Å². The van der Waals surface area contributed by atoms with Gasteiger partial charge in [0.2, 0.25) is 0 Å². The highest BCUT2D eigenvalue weighted by atomic mass is 79.9. The Kier molecular flexibility index (Phi) is 4.20. The van der Waals surface area contributed by atoms with Gasteiger partial charge in [0.05, 0.1) is 0 Å². The van der Waals surface area contributed by atoms with Crippen molar-refractivity contribution in [2.24, 2.45) is 0 Å². The number of anilines is 1. The molecule has 18 heavy (non-hydrogen) atoms. The molecule has 0 aliphatic heterocycles. The van der Waals surface area contributed by atoms with Gasteiger partial charge in [-0.2, -0.15) is 0 Å². The van der Waals surface area contributed by atoms with Crippen molar-refractivity contribution < 1.29 is 4.74 Å². The monoisotopic (exact) mass is 306 g/mol. The highest BCUT2D eigenvalue weighted by Crippen LogP contribution is 2.20. The predicted molar refractivity (Wildman–Crippen MR) is 77.0 cm³/mol. The standard InChI is InChI=1S/C14H15BrN2O/c1-17(2)13-4-3-5-14(7-13)18-10-11-6-12(15)9-16-8-11/h3-9H,10H2,1-2H3. The summed E-state index contributed by atoms with van der Waals surface area (Å²) in [6, 6.07) is 10.0. The molecule has 0 fully saturated rings. The third-order valence-electron chi connectivity index (χ3n) is 2.50. The first-order chi connectivity index (χ1) is 8.65. The Hall–Kier alpha value is -1.55. The smallest absolute Gasteiger partial charge is 0.121 e. The predicted octanol–water partition coefficient (Wildman–Crippen LogP) is 3.49. The summed E-state index contributed by atoms with van der Waals surface area (Å²) in [4.78, 5) is 6.16. The SMILES string of the molecule is CN(C)c1cccc(OCc2cncc(Br)c2)c1. The van der Waals surface area contributed by atoms with E-state index < -0.39 is 0 Å². The van der Waals surface area contributed by atoms with E-state index in [2.05, 4.69) is 20.9 Å². The zero-order chi connectivity index (χ0) is 13.0. The van der Waals surface area contributed by atoms with E-state index in [1.165, 1.54) is 0 Å². The number of hydrogen-bond donors (Lipinski definition) is 0. The van der Waals surface area contributed by atoms with Crippen LogP contribution in [0.3, 0.4) is 0 Å². The fourth-order valence-electron chi connectivity index (χ4n) is 1.55. The maximum Gasteiger partial charge on any atom is 0.121 e. The Morgan fingerprint density at radius 2 is 2.06 bits per heavy atom. The summed E-state index contributed by atoms with van der Waals surface area (Å²) in [6.07, 6.45) is 3.57. The fourth-order valence-corrected chi connectivity index (χ4v) is 1.97. The van der Waals surface area contributed by atoms with Gasteiger partial charge in [0.15, 0.2) is 0 Å². The van der Waals surface area contributed by atoms with Gasteiger partial charge >= 0.3 is 0 Å². The van der Waals surface area contributed by atoms with E-state index in [-0.39, 0.29) is 0 Å². The van der Waals surface area contributed by atoms with Gasteiger partial charge in [-0.25, -0.2) is 0 Å². The summed E-state index contributed by atoms with van der Waals surface area (Å²) in [6.45, 7) is 0.517. The number of pyridine rings is 1. The third-order valence-corrected chi connectivity index (χ3v) is 2.93. The van der Waals surface area contributed by atoms with Gasteiger partial charge in [-0.3, -0.25) is 4.98 Å². The van der Waals surface area contributed by atoms with Crippen LogP contribution in [0.2, 0.25) is 0 Å². The molecular formula is C14H15BrN2O. The highest BCUT2D eigenvalue weighted by Gasteiger charge is 2.00. The number of nitrogens with zero attached hydrogens (tertiary/aromatic N) is 2. The zero-order valence-corrected chi connectivity index (χ0v) is 12.0. The van der Waals surface area contributed by atoms with E-state index in [0.717, 1.165) is 21.5 Å². The van der Waals surface area contributed by atoms with Crippen LogP contribution in [0.15, 0.2) is 47.2 Å². The van der Waals surface area contributed by atoms with Crippen molar-refractivity contribution in [2.45, 2.75) is 6.61 Å². The molecule has 0 saturated carbocycles. The number of halogens is 1. The molecule has 0 aliphatic carbocycles. The van der Waals surface area contributed by atoms with Gasteiger partial charge in [-0.15, -0.1) is 0 Å². The summed E-state index contributed by atoms with van der Waals surface area (Å²) in [7, 11) is 4.02. The number of benzene rings is 1. The Morgan fingerprint density at radius 1 is 1.22 bits per heavy atom. The first kappa shape index (κ1) is 12.9. The molecule has 4 heteroatoms. The van der Waals surface area contributed by atoms with Crippen LogP contribution < -0.4 is 9.64 Å². The molecular weight excluding hydrogens is 292 g/mol. The minimum atomic E-state index is 0.517. The van der Waals surface area contributed by atoms with Crippen LogP contribution in [0.1, 0.15) is 5.56 Å². The molecule has 0 atom stereocenters.